The number of halogens is 2. The van der Waals surface area contributed by atoms with Crippen molar-refractivity contribution in [1.29, 1.82) is 0 Å². The lowest BCUT2D eigenvalue weighted by molar-refractivity contribution is 0.0683. The topological polar surface area (TPSA) is 92.7 Å². The van der Waals surface area contributed by atoms with E-state index in [4.69, 9.17) is 9.29 Å². The molecule has 0 radical (unpaired) electrons. The molecule has 0 aromatic heterocycles. The van der Waals surface area contributed by atoms with E-state index >= 15 is 0 Å². The van der Waals surface area contributed by atoms with Crippen LogP contribution in [0.25, 0.3) is 0 Å². The van der Waals surface area contributed by atoms with Gasteiger partial charge in [-0.1, -0.05) is 44.9 Å². The van der Waals surface area contributed by atoms with Crippen molar-refractivity contribution in [2.75, 3.05) is 6.61 Å². The molecular formula is C16H29F2NO5S. The maximum atomic E-state index is 13.0. The molecule has 0 saturated heterocycles. The fraction of sp³-hybridized carbons (Fsp3) is 0.938. The monoisotopic (exact) mass is 385 g/mol. The van der Waals surface area contributed by atoms with Gasteiger partial charge in [0.25, 0.3) is 0 Å². The maximum Gasteiger partial charge on any atom is 0.407 e. The summed E-state index contributed by atoms with van der Waals surface area (Å²) in [5.74, 6) is 0. The number of nitrogens with one attached hydrogen (secondary N) is 1. The number of alkyl carbamates (subject to hydrolysis) is 1. The van der Waals surface area contributed by atoms with Gasteiger partial charge >= 0.3 is 21.5 Å². The SMILES string of the molecule is O=C(NC1CCCCC1)OCCCCCCCCC(F)(F)S(=O)(=O)O. The molecule has 0 spiro atoms. The van der Waals surface area contributed by atoms with Gasteiger partial charge in [-0.05, 0) is 25.7 Å². The van der Waals surface area contributed by atoms with Crippen LogP contribution in [0, 0.1) is 0 Å². The third-order valence-corrected chi connectivity index (χ3v) is 5.36. The molecule has 25 heavy (non-hydrogen) atoms. The van der Waals surface area contributed by atoms with E-state index in [1.165, 1.54) is 6.42 Å². The minimum Gasteiger partial charge on any atom is -0.450 e. The van der Waals surface area contributed by atoms with Gasteiger partial charge < -0.3 is 10.1 Å². The third-order valence-electron chi connectivity index (χ3n) is 4.40. The number of alkyl halides is 2. The van der Waals surface area contributed by atoms with Crippen molar-refractivity contribution in [2.24, 2.45) is 0 Å². The summed E-state index contributed by atoms with van der Waals surface area (Å²) in [6, 6.07) is 0.224. The van der Waals surface area contributed by atoms with Crippen molar-refractivity contribution < 1.29 is 31.3 Å². The van der Waals surface area contributed by atoms with Crippen molar-refractivity contribution in [3.05, 3.63) is 0 Å². The Kier molecular flexibility index (Phi) is 9.63. The molecule has 0 aliphatic heterocycles. The number of carbonyl (C=O) groups is 1. The molecule has 148 valence electrons. The lowest BCUT2D eigenvalue weighted by Crippen LogP contribution is -2.36. The van der Waals surface area contributed by atoms with E-state index in [9.17, 15) is 22.0 Å². The Morgan fingerprint density at radius 3 is 2.20 bits per heavy atom. The van der Waals surface area contributed by atoms with Crippen LogP contribution in [0.15, 0.2) is 0 Å². The zero-order chi connectivity index (χ0) is 18.8. The summed E-state index contributed by atoms with van der Waals surface area (Å²) in [5.41, 5.74) is 0. The molecule has 0 bridgehead atoms. The second kappa shape index (κ2) is 10.9. The second-order valence-electron chi connectivity index (χ2n) is 6.60. The zero-order valence-electron chi connectivity index (χ0n) is 14.5. The fourth-order valence-corrected chi connectivity index (χ4v) is 3.29. The first-order chi connectivity index (χ1) is 11.7. The first kappa shape index (κ1) is 22.1. The van der Waals surface area contributed by atoms with Crippen LogP contribution < -0.4 is 5.32 Å². The van der Waals surface area contributed by atoms with Gasteiger partial charge in [0, 0.05) is 12.5 Å². The fourth-order valence-electron chi connectivity index (χ4n) is 2.89. The first-order valence-electron chi connectivity index (χ1n) is 9.00. The number of hydrogen-bond acceptors (Lipinski definition) is 4. The number of carbonyl (C=O) groups excluding carboxylic acids is 1. The number of amides is 1. The molecule has 2 N–H and O–H groups in total. The largest absolute Gasteiger partial charge is 0.450 e. The van der Waals surface area contributed by atoms with Crippen molar-refractivity contribution in [3.8, 4) is 0 Å². The van der Waals surface area contributed by atoms with Gasteiger partial charge in [0.2, 0.25) is 0 Å². The van der Waals surface area contributed by atoms with Crippen LogP contribution in [0.2, 0.25) is 0 Å². The van der Waals surface area contributed by atoms with E-state index in [0.29, 0.717) is 25.9 Å². The number of unbranched alkanes of at least 4 members (excludes halogenated alkanes) is 5. The molecule has 1 fully saturated rings. The number of ether oxygens (including phenoxy) is 1. The van der Waals surface area contributed by atoms with E-state index < -0.39 is 21.8 Å². The quantitative estimate of drug-likeness (QED) is 0.409. The van der Waals surface area contributed by atoms with E-state index in [-0.39, 0.29) is 18.6 Å². The highest BCUT2D eigenvalue weighted by Gasteiger charge is 2.42. The molecule has 0 atom stereocenters. The zero-order valence-corrected chi connectivity index (χ0v) is 15.3. The summed E-state index contributed by atoms with van der Waals surface area (Å²) >= 11 is 0. The highest BCUT2D eigenvalue weighted by atomic mass is 32.2. The molecule has 0 aromatic carbocycles. The van der Waals surface area contributed by atoms with Crippen LogP contribution in [0.5, 0.6) is 0 Å². The normalized spacial score (nSPS) is 16.6. The molecule has 0 aromatic rings. The summed E-state index contributed by atoms with van der Waals surface area (Å²) in [5, 5.41) is -1.20. The minimum atomic E-state index is -5.31. The Labute approximate surface area is 148 Å². The van der Waals surface area contributed by atoms with E-state index in [0.717, 1.165) is 38.5 Å². The minimum absolute atomic E-state index is 0.0348. The van der Waals surface area contributed by atoms with E-state index in [1.54, 1.807) is 0 Å². The van der Waals surface area contributed by atoms with Crippen LogP contribution in [0.3, 0.4) is 0 Å². The Hall–Kier alpha value is -0.960. The highest BCUT2D eigenvalue weighted by Crippen LogP contribution is 2.27. The lowest BCUT2D eigenvalue weighted by Gasteiger charge is -2.22. The molecule has 1 saturated carbocycles. The Balaban J connectivity index is 1.94. The predicted octanol–water partition coefficient (Wildman–Crippen LogP) is 4.26. The molecule has 6 nitrogen and oxygen atoms in total. The average Bonchev–Trinajstić information content (AvgIpc) is 2.53. The summed E-state index contributed by atoms with van der Waals surface area (Å²) in [6.45, 7) is 0.333. The van der Waals surface area contributed by atoms with Crippen LogP contribution >= 0.6 is 0 Å². The Bertz CT molecular complexity index is 493. The van der Waals surface area contributed by atoms with E-state index in [1.807, 2.05) is 0 Å². The third kappa shape index (κ3) is 9.34. The van der Waals surface area contributed by atoms with Crippen LogP contribution in [0.4, 0.5) is 13.6 Å². The summed E-state index contributed by atoms with van der Waals surface area (Å²) < 4.78 is 60.3. The number of hydrogen-bond donors (Lipinski definition) is 2. The average molecular weight is 385 g/mol. The summed E-state index contributed by atoms with van der Waals surface area (Å²) in [4.78, 5) is 11.6. The molecule has 1 rings (SSSR count). The van der Waals surface area contributed by atoms with Crippen LogP contribution in [0.1, 0.15) is 77.0 Å². The van der Waals surface area contributed by atoms with Gasteiger partial charge in [-0.3, -0.25) is 4.55 Å². The van der Waals surface area contributed by atoms with Crippen molar-refractivity contribution >= 4 is 16.2 Å². The van der Waals surface area contributed by atoms with Gasteiger partial charge in [-0.25, -0.2) is 4.79 Å². The van der Waals surface area contributed by atoms with E-state index in [2.05, 4.69) is 5.32 Å². The van der Waals surface area contributed by atoms with Crippen LogP contribution in [-0.4, -0.2) is 37.0 Å². The molecule has 9 heteroatoms. The summed E-state index contributed by atoms with van der Waals surface area (Å²) in [7, 11) is -5.31. The predicted molar refractivity (Wildman–Crippen MR) is 90.2 cm³/mol. The van der Waals surface area contributed by atoms with Crippen molar-refractivity contribution in [1.82, 2.24) is 5.32 Å². The summed E-state index contributed by atoms with van der Waals surface area (Å²) in [6.07, 6.45) is 7.78. The van der Waals surface area contributed by atoms with Gasteiger partial charge in [0.1, 0.15) is 0 Å². The van der Waals surface area contributed by atoms with Crippen molar-refractivity contribution in [3.63, 3.8) is 0 Å². The smallest absolute Gasteiger partial charge is 0.407 e. The molecule has 1 aliphatic carbocycles. The van der Waals surface area contributed by atoms with Crippen LogP contribution in [-0.2, 0) is 14.9 Å². The molecule has 0 heterocycles. The Morgan fingerprint density at radius 1 is 1.04 bits per heavy atom. The standard InChI is InChI=1S/C16H29F2NO5S/c17-16(18,25(21,22)23)12-8-3-1-2-4-9-13-24-15(20)19-14-10-6-5-7-11-14/h14H,1-13H2,(H,19,20)(H,21,22,23). The first-order valence-corrected chi connectivity index (χ1v) is 10.4. The maximum absolute atomic E-state index is 13.0. The van der Waals surface area contributed by atoms with Gasteiger partial charge in [-0.2, -0.15) is 17.2 Å². The van der Waals surface area contributed by atoms with Gasteiger partial charge in [0.15, 0.2) is 0 Å². The molecule has 0 unspecified atom stereocenters. The molecule has 1 amide bonds. The second-order valence-corrected chi connectivity index (χ2v) is 8.15. The van der Waals surface area contributed by atoms with Crippen molar-refractivity contribution in [2.45, 2.75) is 88.3 Å². The number of rotatable bonds is 11. The molecular weight excluding hydrogens is 356 g/mol. The van der Waals surface area contributed by atoms with Gasteiger partial charge in [-0.15, -0.1) is 0 Å². The molecule has 1 aliphatic rings. The Morgan fingerprint density at radius 2 is 1.60 bits per heavy atom. The highest BCUT2D eigenvalue weighted by molar-refractivity contribution is 7.86. The lowest BCUT2D eigenvalue weighted by atomic mass is 9.96. The van der Waals surface area contributed by atoms with Gasteiger partial charge in [0.05, 0.1) is 6.61 Å².